The van der Waals surface area contributed by atoms with E-state index in [9.17, 15) is 12.8 Å². The van der Waals surface area contributed by atoms with Crippen molar-refractivity contribution in [2.45, 2.75) is 11.3 Å². The second-order valence-corrected chi connectivity index (χ2v) is 5.99. The Labute approximate surface area is 117 Å². The molecule has 1 heterocycles. The lowest BCUT2D eigenvalue weighted by Crippen LogP contribution is -2.09. The highest BCUT2D eigenvalue weighted by atomic mass is 35.5. The van der Waals surface area contributed by atoms with E-state index < -0.39 is 15.7 Å². The number of pyridine rings is 1. The molecule has 1 aromatic carbocycles. The Hall–Kier alpha value is -1.46. The molecule has 1 aromatic heterocycles. The summed E-state index contributed by atoms with van der Waals surface area (Å²) in [4.78, 5) is 4.02. The van der Waals surface area contributed by atoms with E-state index in [4.69, 9.17) is 0 Å². The van der Waals surface area contributed by atoms with Gasteiger partial charge >= 0.3 is 0 Å². The van der Waals surface area contributed by atoms with E-state index in [2.05, 4.69) is 4.98 Å². The minimum atomic E-state index is -3.36. The van der Waals surface area contributed by atoms with Crippen LogP contribution in [0.2, 0.25) is 0 Å². The second kappa shape index (κ2) is 6.63. The standard InChI is InChI=1S/C13H12FNO2S.ClH/c14-12-1-3-13(4-2-12)18(16,17)10-7-11-5-8-15-9-6-11;/h1-6,8-9H,7,10H2;1H. The summed E-state index contributed by atoms with van der Waals surface area (Å²) in [6.07, 6.45) is 3.67. The summed E-state index contributed by atoms with van der Waals surface area (Å²) in [5.41, 5.74) is 0.913. The van der Waals surface area contributed by atoms with Crippen LogP contribution < -0.4 is 0 Å². The molecule has 0 bridgehead atoms. The maximum atomic E-state index is 12.7. The lowest BCUT2D eigenvalue weighted by atomic mass is 10.2. The molecular formula is C13H13ClFNO2S. The summed E-state index contributed by atoms with van der Waals surface area (Å²) in [6, 6.07) is 8.44. The molecule has 0 saturated carbocycles. The normalized spacial score (nSPS) is 10.8. The van der Waals surface area contributed by atoms with E-state index in [0.29, 0.717) is 6.42 Å². The van der Waals surface area contributed by atoms with Crippen LogP contribution in [0.1, 0.15) is 5.56 Å². The molecule has 0 aliphatic carbocycles. The predicted molar refractivity (Wildman–Crippen MR) is 73.6 cm³/mol. The van der Waals surface area contributed by atoms with Gasteiger partial charge in [0.15, 0.2) is 9.84 Å². The van der Waals surface area contributed by atoms with Crippen molar-refractivity contribution < 1.29 is 12.8 Å². The van der Waals surface area contributed by atoms with Gasteiger partial charge in [0.2, 0.25) is 0 Å². The van der Waals surface area contributed by atoms with Crippen LogP contribution in [-0.4, -0.2) is 19.2 Å². The molecule has 0 saturated heterocycles. The number of benzene rings is 1. The van der Waals surface area contributed by atoms with E-state index in [1.165, 1.54) is 12.1 Å². The van der Waals surface area contributed by atoms with Gasteiger partial charge in [-0.3, -0.25) is 4.98 Å². The van der Waals surface area contributed by atoms with Gasteiger partial charge < -0.3 is 0 Å². The molecule has 3 nitrogen and oxygen atoms in total. The Morgan fingerprint density at radius 1 is 1.00 bits per heavy atom. The molecule has 0 radical (unpaired) electrons. The average Bonchev–Trinajstić information content (AvgIpc) is 2.38. The first-order valence-corrected chi connectivity index (χ1v) is 7.10. The van der Waals surface area contributed by atoms with Gasteiger partial charge in [-0.05, 0) is 48.4 Å². The third kappa shape index (κ3) is 4.29. The quantitative estimate of drug-likeness (QED) is 0.816. The fraction of sp³-hybridized carbons (Fsp3) is 0.154. The molecule has 6 heteroatoms. The molecule has 102 valence electrons. The van der Waals surface area contributed by atoms with Crippen LogP contribution in [0.15, 0.2) is 53.7 Å². The largest absolute Gasteiger partial charge is 0.265 e. The molecule has 0 unspecified atom stereocenters. The first-order valence-electron chi connectivity index (χ1n) is 5.45. The Morgan fingerprint density at radius 2 is 1.58 bits per heavy atom. The molecule has 0 spiro atoms. The zero-order chi connectivity index (χ0) is 13.0. The monoisotopic (exact) mass is 301 g/mol. The van der Waals surface area contributed by atoms with Crippen molar-refractivity contribution in [1.29, 1.82) is 0 Å². The third-order valence-corrected chi connectivity index (χ3v) is 4.31. The number of rotatable bonds is 4. The van der Waals surface area contributed by atoms with Gasteiger partial charge in [0.1, 0.15) is 5.82 Å². The van der Waals surface area contributed by atoms with Crippen LogP contribution in [-0.2, 0) is 16.3 Å². The predicted octanol–water partition coefficient (Wildman–Crippen LogP) is 2.66. The molecule has 0 atom stereocenters. The Bertz CT molecular complexity index is 615. The molecule has 2 rings (SSSR count). The number of hydrogen-bond donors (Lipinski definition) is 0. The van der Waals surface area contributed by atoms with Crippen LogP contribution in [0.3, 0.4) is 0 Å². The zero-order valence-corrected chi connectivity index (χ0v) is 11.6. The molecule has 19 heavy (non-hydrogen) atoms. The summed E-state index contributed by atoms with van der Waals surface area (Å²) in [6.45, 7) is 0. The van der Waals surface area contributed by atoms with Crippen molar-refractivity contribution in [3.05, 3.63) is 60.2 Å². The first-order chi connectivity index (χ1) is 8.58. The minimum absolute atomic E-state index is 0. The number of aromatic nitrogens is 1. The third-order valence-electron chi connectivity index (χ3n) is 2.58. The maximum Gasteiger partial charge on any atom is 0.178 e. The number of nitrogens with zero attached hydrogens (tertiary/aromatic N) is 1. The van der Waals surface area contributed by atoms with Crippen LogP contribution in [0.4, 0.5) is 4.39 Å². The smallest absolute Gasteiger partial charge is 0.178 e. The number of halogens is 2. The van der Waals surface area contributed by atoms with Crippen molar-refractivity contribution in [2.75, 3.05) is 5.75 Å². The van der Waals surface area contributed by atoms with Gasteiger partial charge in [0, 0.05) is 12.4 Å². The number of sulfone groups is 1. The molecular weight excluding hydrogens is 289 g/mol. The second-order valence-electron chi connectivity index (χ2n) is 3.88. The van der Waals surface area contributed by atoms with Crippen molar-refractivity contribution in [3.8, 4) is 0 Å². The van der Waals surface area contributed by atoms with Crippen molar-refractivity contribution in [1.82, 2.24) is 4.98 Å². The summed E-state index contributed by atoms with van der Waals surface area (Å²) in [5.74, 6) is -0.439. The molecule has 0 N–H and O–H groups in total. The summed E-state index contributed by atoms with van der Waals surface area (Å²) >= 11 is 0. The lowest BCUT2D eigenvalue weighted by molar-refractivity contribution is 0.594. The van der Waals surface area contributed by atoms with E-state index >= 15 is 0 Å². The fourth-order valence-electron chi connectivity index (χ4n) is 1.56. The minimum Gasteiger partial charge on any atom is -0.265 e. The number of aryl methyl sites for hydroxylation is 1. The summed E-state index contributed by atoms with van der Waals surface area (Å²) < 4.78 is 36.7. The molecule has 0 aliphatic rings. The fourth-order valence-corrected chi connectivity index (χ4v) is 2.85. The summed E-state index contributed by atoms with van der Waals surface area (Å²) in [5, 5.41) is 0. The highest BCUT2D eigenvalue weighted by Gasteiger charge is 2.14. The van der Waals surface area contributed by atoms with Crippen molar-refractivity contribution >= 4 is 22.2 Å². The van der Waals surface area contributed by atoms with Crippen molar-refractivity contribution in [3.63, 3.8) is 0 Å². The molecule has 0 amide bonds. The lowest BCUT2D eigenvalue weighted by Gasteiger charge is -2.04. The molecule has 0 aliphatic heterocycles. The van der Waals surface area contributed by atoms with Crippen LogP contribution in [0, 0.1) is 5.82 Å². The van der Waals surface area contributed by atoms with Gasteiger partial charge in [-0.1, -0.05) is 0 Å². The van der Waals surface area contributed by atoms with E-state index in [-0.39, 0.29) is 23.1 Å². The van der Waals surface area contributed by atoms with Gasteiger partial charge in [-0.2, -0.15) is 0 Å². The highest BCUT2D eigenvalue weighted by molar-refractivity contribution is 7.91. The number of hydrogen-bond acceptors (Lipinski definition) is 3. The summed E-state index contributed by atoms with van der Waals surface area (Å²) in [7, 11) is -3.36. The zero-order valence-electron chi connectivity index (χ0n) is 9.99. The van der Waals surface area contributed by atoms with Crippen molar-refractivity contribution in [2.24, 2.45) is 0 Å². The van der Waals surface area contributed by atoms with Crippen LogP contribution in [0.25, 0.3) is 0 Å². The van der Waals surface area contributed by atoms with Gasteiger partial charge in [0.05, 0.1) is 10.6 Å². The van der Waals surface area contributed by atoms with Gasteiger partial charge in [-0.25, -0.2) is 12.8 Å². The highest BCUT2D eigenvalue weighted by Crippen LogP contribution is 2.13. The molecule has 0 fully saturated rings. The van der Waals surface area contributed by atoms with Crippen LogP contribution in [0.5, 0.6) is 0 Å². The Kier molecular flexibility index (Phi) is 5.44. The van der Waals surface area contributed by atoms with Gasteiger partial charge in [0.25, 0.3) is 0 Å². The van der Waals surface area contributed by atoms with E-state index in [1.54, 1.807) is 24.5 Å². The maximum absolute atomic E-state index is 12.7. The topological polar surface area (TPSA) is 47.0 Å². The molecule has 2 aromatic rings. The van der Waals surface area contributed by atoms with E-state index in [0.717, 1.165) is 17.7 Å². The first kappa shape index (κ1) is 15.6. The van der Waals surface area contributed by atoms with Crippen LogP contribution >= 0.6 is 12.4 Å². The van der Waals surface area contributed by atoms with E-state index in [1.807, 2.05) is 0 Å². The Balaban J connectivity index is 0.00000180. The van der Waals surface area contributed by atoms with Gasteiger partial charge in [-0.15, -0.1) is 12.4 Å². The Morgan fingerprint density at radius 3 is 2.16 bits per heavy atom. The average molecular weight is 302 g/mol. The SMILES string of the molecule is Cl.O=S(=O)(CCc1ccncc1)c1ccc(F)cc1.